The normalized spacial score (nSPS) is 19.4. The monoisotopic (exact) mass is 474 g/mol. The summed E-state index contributed by atoms with van der Waals surface area (Å²) in [7, 11) is 0. The van der Waals surface area contributed by atoms with Crippen molar-refractivity contribution in [2.75, 3.05) is 4.90 Å². The molecule has 1 saturated heterocycles. The van der Waals surface area contributed by atoms with E-state index in [4.69, 9.17) is 0 Å². The van der Waals surface area contributed by atoms with Crippen molar-refractivity contribution in [2.45, 2.75) is 37.8 Å². The molecule has 2 aliphatic rings. The number of imide groups is 1. The molecule has 2 aromatic rings. The van der Waals surface area contributed by atoms with Gasteiger partial charge in [-0.25, -0.2) is 4.90 Å². The fourth-order valence-electron chi connectivity index (χ4n) is 3.54. The summed E-state index contributed by atoms with van der Waals surface area (Å²) in [6.45, 7) is 0. The molecule has 4 rings (SSSR count). The molecule has 5 nitrogen and oxygen atoms in total. The molecule has 0 spiro atoms. The highest BCUT2D eigenvalue weighted by molar-refractivity contribution is 14.1. The van der Waals surface area contributed by atoms with Crippen molar-refractivity contribution in [3.63, 3.8) is 0 Å². The Morgan fingerprint density at radius 3 is 2.33 bits per heavy atom. The van der Waals surface area contributed by atoms with Gasteiger partial charge in [0.1, 0.15) is 6.04 Å². The zero-order valence-electron chi connectivity index (χ0n) is 14.7. The van der Waals surface area contributed by atoms with E-state index < -0.39 is 6.04 Å². The van der Waals surface area contributed by atoms with Crippen molar-refractivity contribution in [1.82, 2.24) is 4.90 Å². The van der Waals surface area contributed by atoms with E-state index in [1.54, 1.807) is 17.0 Å². The first-order chi connectivity index (χ1) is 13.0. The van der Waals surface area contributed by atoms with Crippen LogP contribution in [0, 0.1) is 3.57 Å². The number of anilines is 1. The van der Waals surface area contributed by atoms with Gasteiger partial charge in [0.2, 0.25) is 11.8 Å². The van der Waals surface area contributed by atoms with Crippen molar-refractivity contribution < 1.29 is 14.4 Å². The lowest BCUT2D eigenvalue weighted by atomic mass is 10.1. The van der Waals surface area contributed by atoms with Gasteiger partial charge in [-0.15, -0.1) is 0 Å². The number of rotatable bonds is 5. The number of carbonyl (C=O) groups is 3. The van der Waals surface area contributed by atoms with E-state index in [0.717, 1.165) is 22.0 Å². The van der Waals surface area contributed by atoms with Crippen molar-refractivity contribution in [3.05, 3.63) is 63.7 Å². The molecule has 2 aromatic carbocycles. The van der Waals surface area contributed by atoms with Crippen LogP contribution in [-0.4, -0.2) is 34.7 Å². The molecule has 1 atom stereocenters. The molecule has 1 aliphatic heterocycles. The molecule has 2 fully saturated rings. The second-order valence-electron chi connectivity index (χ2n) is 6.96. The minimum atomic E-state index is -0.694. The number of hydrogen-bond acceptors (Lipinski definition) is 3. The van der Waals surface area contributed by atoms with Gasteiger partial charge in [-0.2, -0.15) is 0 Å². The Hall–Kier alpha value is -2.22. The fraction of sp³-hybridized carbons (Fsp3) is 0.286. The molecule has 0 radical (unpaired) electrons. The molecule has 0 N–H and O–H groups in total. The van der Waals surface area contributed by atoms with Crippen LogP contribution in [0.5, 0.6) is 0 Å². The zero-order chi connectivity index (χ0) is 19.0. The maximum absolute atomic E-state index is 13.0. The summed E-state index contributed by atoms with van der Waals surface area (Å²) in [5.74, 6) is -0.627. The lowest BCUT2D eigenvalue weighted by molar-refractivity contribution is -0.138. The molecular weight excluding hydrogens is 455 g/mol. The van der Waals surface area contributed by atoms with Crippen molar-refractivity contribution >= 4 is 46.0 Å². The van der Waals surface area contributed by atoms with Crippen molar-refractivity contribution in [3.8, 4) is 0 Å². The van der Waals surface area contributed by atoms with E-state index in [1.807, 2.05) is 42.5 Å². The molecule has 1 aliphatic carbocycles. The first kappa shape index (κ1) is 18.2. The number of carbonyl (C=O) groups excluding carboxylic acids is 3. The number of hydrogen-bond donors (Lipinski definition) is 0. The Morgan fingerprint density at radius 1 is 1.04 bits per heavy atom. The molecule has 138 valence electrons. The average molecular weight is 474 g/mol. The first-order valence-electron chi connectivity index (χ1n) is 9.02. The average Bonchev–Trinajstić information content (AvgIpc) is 3.44. The maximum atomic E-state index is 13.0. The third kappa shape index (κ3) is 3.76. The van der Waals surface area contributed by atoms with Gasteiger partial charge in [0.05, 0.1) is 18.5 Å². The predicted octanol–water partition coefficient (Wildman–Crippen LogP) is 3.16. The van der Waals surface area contributed by atoms with Gasteiger partial charge in [-0.1, -0.05) is 30.3 Å². The topological polar surface area (TPSA) is 57.7 Å². The molecule has 27 heavy (non-hydrogen) atoms. The Kier molecular flexibility index (Phi) is 4.99. The van der Waals surface area contributed by atoms with Gasteiger partial charge in [0.15, 0.2) is 0 Å². The van der Waals surface area contributed by atoms with Gasteiger partial charge in [-0.05, 0) is 65.3 Å². The summed E-state index contributed by atoms with van der Waals surface area (Å²) >= 11 is 2.18. The van der Waals surface area contributed by atoms with Crippen molar-refractivity contribution in [1.29, 1.82) is 0 Å². The van der Waals surface area contributed by atoms with Crippen LogP contribution in [0.15, 0.2) is 54.6 Å². The molecule has 6 heteroatoms. The van der Waals surface area contributed by atoms with Crippen LogP contribution in [0.2, 0.25) is 0 Å². The van der Waals surface area contributed by atoms with Crippen molar-refractivity contribution in [2.24, 2.45) is 0 Å². The smallest absolute Gasteiger partial charge is 0.257 e. The van der Waals surface area contributed by atoms with E-state index in [1.165, 1.54) is 4.90 Å². The van der Waals surface area contributed by atoms with E-state index in [-0.39, 0.29) is 36.6 Å². The molecule has 1 unspecified atom stereocenters. The van der Waals surface area contributed by atoms with Crippen LogP contribution in [0.1, 0.15) is 24.8 Å². The molecule has 1 saturated carbocycles. The maximum Gasteiger partial charge on any atom is 0.257 e. The van der Waals surface area contributed by atoms with Crippen LogP contribution < -0.4 is 4.90 Å². The van der Waals surface area contributed by atoms with Gasteiger partial charge in [-0.3, -0.25) is 14.4 Å². The Balaban J connectivity index is 1.56. The third-order valence-corrected chi connectivity index (χ3v) is 5.69. The molecule has 3 amide bonds. The standard InChI is InChI=1S/C21H19IN2O3/c22-15-6-8-17(9-7-15)24-20(26)13-18(21(24)27)23(16-10-11-16)19(25)12-14-4-2-1-3-5-14/h1-9,16,18H,10-13H2. The van der Waals surface area contributed by atoms with Gasteiger partial charge in [0.25, 0.3) is 5.91 Å². The third-order valence-electron chi connectivity index (χ3n) is 4.97. The highest BCUT2D eigenvalue weighted by Crippen LogP contribution is 2.34. The first-order valence-corrected chi connectivity index (χ1v) is 10.1. The van der Waals surface area contributed by atoms with Gasteiger partial charge >= 0.3 is 0 Å². The van der Waals surface area contributed by atoms with Crippen LogP contribution >= 0.6 is 22.6 Å². The summed E-state index contributed by atoms with van der Waals surface area (Å²) in [6, 6.07) is 16.2. The minimum absolute atomic E-state index is 0.0574. The van der Waals surface area contributed by atoms with E-state index in [9.17, 15) is 14.4 Å². The molecule has 0 bridgehead atoms. The van der Waals surface area contributed by atoms with Crippen LogP contribution in [-0.2, 0) is 20.8 Å². The Labute approximate surface area is 171 Å². The Bertz CT molecular complexity index is 878. The quantitative estimate of drug-likeness (QED) is 0.495. The SMILES string of the molecule is O=C1CC(N(C(=O)Cc2ccccc2)C2CC2)C(=O)N1c1ccc(I)cc1. The second kappa shape index (κ2) is 7.42. The summed E-state index contributed by atoms with van der Waals surface area (Å²) in [5, 5.41) is 0. The second-order valence-corrected chi connectivity index (χ2v) is 8.20. The van der Waals surface area contributed by atoms with E-state index in [2.05, 4.69) is 22.6 Å². The predicted molar refractivity (Wildman–Crippen MR) is 110 cm³/mol. The van der Waals surface area contributed by atoms with E-state index >= 15 is 0 Å². The minimum Gasteiger partial charge on any atom is -0.327 e. The zero-order valence-corrected chi connectivity index (χ0v) is 16.8. The van der Waals surface area contributed by atoms with Crippen LogP contribution in [0.4, 0.5) is 5.69 Å². The molecule has 0 aromatic heterocycles. The number of benzene rings is 2. The number of nitrogens with zero attached hydrogens (tertiary/aromatic N) is 2. The summed E-state index contributed by atoms with van der Waals surface area (Å²) in [4.78, 5) is 41.5. The largest absolute Gasteiger partial charge is 0.327 e. The van der Waals surface area contributed by atoms with Crippen LogP contribution in [0.25, 0.3) is 0 Å². The Morgan fingerprint density at radius 2 is 1.70 bits per heavy atom. The molecular formula is C21H19IN2O3. The highest BCUT2D eigenvalue weighted by Gasteiger charge is 2.48. The summed E-state index contributed by atoms with van der Waals surface area (Å²) in [6.07, 6.45) is 2.09. The van der Waals surface area contributed by atoms with Crippen LogP contribution in [0.3, 0.4) is 0 Å². The highest BCUT2D eigenvalue weighted by atomic mass is 127. The summed E-state index contributed by atoms with van der Waals surface area (Å²) in [5.41, 5.74) is 1.48. The lowest BCUT2D eigenvalue weighted by Gasteiger charge is -2.27. The summed E-state index contributed by atoms with van der Waals surface area (Å²) < 4.78 is 1.03. The number of amides is 3. The fourth-order valence-corrected chi connectivity index (χ4v) is 3.90. The van der Waals surface area contributed by atoms with Gasteiger partial charge < -0.3 is 4.90 Å². The lowest BCUT2D eigenvalue weighted by Crippen LogP contribution is -2.47. The van der Waals surface area contributed by atoms with Gasteiger partial charge in [0, 0.05) is 9.61 Å². The molecule has 1 heterocycles. The van der Waals surface area contributed by atoms with E-state index in [0.29, 0.717) is 5.69 Å². The number of halogens is 1.